The smallest absolute Gasteiger partial charge is 0.312 e. The highest BCUT2D eigenvalue weighted by atomic mass is 32.1. The average Bonchev–Trinajstić information content (AvgIpc) is 2.84. The van der Waals surface area contributed by atoms with E-state index in [1.54, 1.807) is 18.4 Å². The Kier molecular flexibility index (Phi) is 3.63. The van der Waals surface area contributed by atoms with E-state index in [9.17, 15) is 4.79 Å². The fourth-order valence-electron chi connectivity index (χ4n) is 1.86. The van der Waals surface area contributed by atoms with Crippen molar-refractivity contribution in [3.63, 3.8) is 0 Å². The number of aromatic nitrogens is 1. The first kappa shape index (κ1) is 12.3. The van der Waals surface area contributed by atoms with Crippen LogP contribution in [0.3, 0.4) is 0 Å². The summed E-state index contributed by atoms with van der Waals surface area (Å²) in [7, 11) is 1.66. The molecule has 2 atom stereocenters. The normalized spacial score (nSPS) is 20.0. The van der Waals surface area contributed by atoms with Gasteiger partial charge in [-0.05, 0) is 19.8 Å². The molecule has 1 aliphatic carbocycles. The predicted octanol–water partition coefficient (Wildman–Crippen LogP) is 1.70. The van der Waals surface area contributed by atoms with E-state index in [4.69, 9.17) is 9.84 Å². The van der Waals surface area contributed by atoms with Crippen LogP contribution in [-0.2, 0) is 16.0 Å². The van der Waals surface area contributed by atoms with Gasteiger partial charge in [-0.15, -0.1) is 11.3 Å². The first-order valence-corrected chi connectivity index (χ1v) is 6.42. The molecule has 1 aromatic rings. The quantitative estimate of drug-likeness (QED) is 0.839. The molecule has 0 radical (unpaired) electrons. The highest BCUT2D eigenvalue weighted by Crippen LogP contribution is 2.38. The van der Waals surface area contributed by atoms with E-state index in [-0.39, 0.29) is 6.10 Å². The molecule has 0 saturated carbocycles. The Morgan fingerprint density at radius 3 is 3.18 bits per heavy atom. The van der Waals surface area contributed by atoms with Crippen LogP contribution < -0.4 is 5.32 Å². The topological polar surface area (TPSA) is 71.5 Å². The summed E-state index contributed by atoms with van der Waals surface area (Å²) in [6.45, 7) is 2.65. The Balaban J connectivity index is 2.03. The third kappa shape index (κ3) is 2.58. The Bertz CT molecular complexity index is 419. The molecule has 2 N–H and O–H groups in total. The molecule has 2 unspecified atom stereocenters. The lowest BCUT2D eigenvalue weighted by molar-refractivity contribution is -0.138. The van der Waals surface area contributed by atoms with E-state index in [1.165, 1.54) is 0 Å². The maximum Gasteiger partial charge on any atom is 0.312 e. The van der Waals surface area contributed by atoms with Crippen LogP contribution in [-0.4, -0.2) is 35.8 Å². The number of hydrogen-bond acceptors (Lipinski definition) is 5. The summed E-state index contributed by atoms with van der Waals surface area (Å²) in [5, 5.41) is 13.0. The van der Waals surface area contributed by atoms with Gasteiger partial charge in [0, 0.05) is 18.5 Å². The molecule has 0 bridgehead atoms. The molecule has 0 aliphatic heterocycles. The molecule has 0 spiro atoms. The van der Waals surface area contributed by atoms with Crippen molar-refractivity contribution in [2.75, 3.05) is 19.0 Å². The van der Waals surface area contributed by atoms with E-state index in [0.717, 1.165) is 22.1 Å². The largest absolute Gasteiger partial charge is 0.481 e. The fraction of sp³-hybridized carbons (Fsp3) is 0.636. The molecule has 0 saturated heterocycles. The SMILES string of the molecule is COC(C)CNc1nc2c(s1)CCC2C(=O)O. The van der Waals surface area contributed by atoms with Gasteiger partial charge in [0.1, 0.15) is 5.92 Å². The highest BCUT2D eigenvalue weighted by molar-refractivity contribution is 7.15. The highest BCUT2D eigenvalue weighted by Gasteiger charge is 2.32. The molecule has 0 aromatic carbocycles. The zero-order chi connectivity index (χ0) is 12.4. The molecular formula is C11H16N2O3S. The number of nitrogens with one attached hydrogen (secondary N) is 1. The Hall–Kier alpha value is -1.14. The summed E-state index contributed by atoms with van der Waals surface area (Å²) in [5.74, 6) is -1.19. The van der Waals surface area contributed by atoms with Gasteiger partial charge in [0.2, 0.25) is 0 Å². The van der Waals surface area contributed by atoms with Crippen LogP contribution >= 0.6 is 11.3 Å². The summed E-state index contributed by atoms with van der Waals surface area (Å²) >= 11 is 1.55. The maximum absolute atomic E-state index is 11.0. The number of nitrogens with zero attached hydrogens (tertiary/aromatic N) is 1. The van der Waals surface area contributed by atoms with Gasteiger partial charge in [0.05, 0.1) is 11.8 Å². The van der Waals surface area contributed by atoms with Crippen LogP contribution in [0.2, 0.25) is 0 Å². The number of aryl methyl sites for hydroxylation is 1. The van der Waals surface area contributed by atoms with E-state index in [1.807, 2.05) is 6.92 Å². The molecule has 1 aromatic heterocycles. The van der Waals surface area contributed by atoms with Crippen molar-refractivity contribution in [1.29, 1.82) is 0 Å². The van der Waals surface area contributed by atoms with Gasteiger partial charge >= 0.3 is 5.97 Å². The minimum absolute atomic E-state index is 0.115. The first-order chi connectivity index (χ1) is 8.11. The number of aliphatic carboxylic acids is 1. The van der Waals surface area contributed by atoms with E-state index in [2.05, 4.69) is 10.3 Å². The van der Waals surface area contributed by atoms with E-state index < -0.39 is 11.9 Å². The van der Waals surface area contributed by atoms with Gasteiger partial charge in [-0.2, -0.15) is 0 Å². The number of ether oxygens (including phenoxy) is 1. The van der Waals surface area contributed by atoms with Crippen molar-refractivity contribution in [2.45, 2.75) is 31.8 Å². The van der Waals surface area contributed by atoms with Gasteiger partial charge in [0.15, 0.2) is 5.13 Å². The molecule has 94 valence electrons. The number of carbonyl (C=O) groups is 1. The number of anilines is 1. The predicted molar refractivity (Wildman–Crippen MR) is 65.8 cm³/mol. The first-order valence-electron chi connectivity index (χ1n) is 5.61. The lowest BCUT2D eigenvalue weighted by Crippen LogP contribution is -2.18. The van der Waals surface area contributed by atoms with Crippen molar-refractivity contribution >= 4 is 22.4 Å². The minimum atomic E-state index is -0.772. The van der Waals surface area contributed by atoms with Crippen LogP contribution in [0.5, 0.6) is 0 Å². The third-order valence-electron chi connectivity index (χ3n) is 2.96. The second-order valence-electron chi connectivity index (χ2n) is 4.18. The van der Waals surface area contributed by atoms with E-state index in [0.29, 0.717) is 13.0 Å². The van der Waals surface area contributed by atoms with Crippen LogP contribution in [0.15, 0.2) is 0 Å². The Morgan fingerprint density at radius 1 is 1.76 bits per heavy atom. The summed E-state index contributed by atoms with van der Waals surface area (Å²) in [5.41, 5.74) is 0.745. The lowest BCUT2D eigenvalue weighted by atomic mass is 10.1. The molecule has 5 nitrogen and oxygen atoms in total. The van der Waals surface area contributed by atoms with Gasteiger partial charge in [-0.1, -0.05) is 0 Å². The third-order valence-corrected chi connectivity index (χ3v) is 4.05. The summed E-state index contributed by atoms with van der Waals surface area (Å²) in [4.78, 5) is 16.5. The molecule has 0 amide bonds. The molecule has 6 heteroatoms. The van der Waals surface area contributed by atoms with Crippen molar-refractivity contribution < 1.29 is 14.6 Å². The van der Waals surface area contributed by atoms with Crippen molar-refractivity contribution in [3.05, 3.63) is 10.6 Å². The van der Waals surface area contributed by atoms with Gasteiger partial charge < -0.3 is 15.2 Å². The molecular weight excluding hydrogens is 240 g/mol. The van der Waals surface area contributed by atoms with Crippen LogP contribution in [0.25, 0.3) is 0 Å². The lowest BCUT2D eigenvalue weighted by Gasteiger charge is -2.09. The molecule has 1 aliphatic rings. The van der Waals surface area contributed by atoms with Crippen molar-refractivity contribution in [2.24, 2.45) is 0 Å². The Labute approximate surface area is 104 Å². The number of carboxylic acids is 1. The van der Waals surface area contributed by atoms with Gasteiger partial charge in [0.25, 0.3) is 0 Å². The second kappa shape index (κ2) is 5.01. The zero-order valence-corrected chi connectivity index (χ0v) is 10.7. The van der Waals surface area contributed by atoms with Crippen LogP contribution in [0.4, 0.5) is 5.13 Å². The van der Waals surface area contributed by atoms with Gasteiger partial charge in [-0.25, -0.2) is 4.98 Å². The summed E-state index contributed by atoms with van der Waals surface area (Å²) in [6, 6.07) is 0. The summed E-state index contributed by atoms with van der Waals surface area (Å²) in [6.07, 6.45) is 1.62. The fourth-order valence-corrected chi connectivity index (χ4v) is 2.90. The average molecular weight is 256 g/mol. The molecule has 1 heterocycles. The monoisotopic (exact) mass is 256 g/mol. The van der Waals surface area contributed by atoms with E-state index >= 15 is 0 Å². The van der Waals surface area contributed by atoms with Crippen LogP contribution in [0, 0.1) is 0 Å². The van der Waals surface area contributed by atoms with Crippen molar-refractivity contribution in [1.82, 2.24) is 4.98 Å². The van der Waals surface area contributed by atoms with Crippen LogP contribution in [0.1, 0.15) is 29.8 Å². The molecule has 2 rings (SSSR count). The number of hydrogen-bond donors (Lipinski definition) is 2. The standard InChI is InChI=1S/C11H16N2O3S/c1-6(16-2)5-12-11-13-9-7(10(14)15)3-4-8(9)17-11/h6-7H,3-5H2,1-2H3,(H,12,13)(H,14,15). The minimum Gasteiger partial charge on any atom is -0.481 e. The molecule has 0 fully saturated rings. The number of methoxy groups -OCH3 is 1. The van der Waals surface area contributed by atoms with Crippen molar-refractivity contribution in [3.8, 4) is 0 Å². The Morgan fingerprint density at radius 2 is 2.53 bits per heavy atom. The number of rotatable bonds is 5. The second-order valence-corrected chi connectivity index (χ2v) is 5.27. The number of carboxylic acid groups (broad SMARTS) is 1. The molecule has 17 heavy (non-hydrogen) atoms. The summed E-state index contributed by atoms with van der Waals surface area (Å²) < 4.78 is 5.13. The number of thiazole rings is 1. The number of fused-ring (bicyclic) bond motifs is 1. The van der Waals surface area contributed by atoms with Gasteiger partial charge in [-0.3, -0.25) is 4.79 Å². The maximum atomic E-state index is 11.0. The zero-order valence-electron chi connectivity index (χ0n) is 9.90.